The molecule has 0 bridgehead atoms. The van der Waals surface area contributed by atoms with Crippen LogP contribution in [-0.4, -0.2) is 25.5 Å². The summed E-state index contributed by atoms with van der Waals surface area (Å²) in [6, 6.07) is 10.1. The molecule has 0 saturated carbocycles. The van der Waals surface area contributed by atoms with Crippen LogP contribution in [-0.2, 0) is 15.8 Å². The van der Waals surface area contributed by atoms with Crippen LogP contribution in [0.3, 0.4) is 0 Å². The van der Waals surface area contributed by atoms with Gasteiger partial charge < -0.3 is 9.47 Å². The number of sulfonamides is 1. The Morgan fingerprint density at radius 2 is 1.88 bits per heavy atom. The number of aromatic nitrogens is 2. The predicted molar refractivity (Wildman–Crippen MR) is 89.4 cm³/mol. The maximum absolute atomic E-state index is 11.1. The number of nitrogens with zero attached hydrogens (tertiary/aromatic N) is 2. The predicted octanol–water partition coefficient (Wildman–Crippen LogP) is 2.22. The fourth-order valence-electron chi connectivity index (χ4n) is 2.21. The molecule has 0 aliphatic rings. The first-order chi connectivity index (χ1) is 11.4. The first-order valence-electron chi connectivity index (χ1n) is 7.00. The Kier molecular flexibility index (Phi) is 4.32. The van der Waals surface area contributed by atoms with Crippen molar-refractivity contribution in [1.82, 2.24) is 9.97 Å². The molecule has 2 N–H and O–H groups in total. The number of benzene rings is 1. The quantitative estimate of drug-likeness (QED) is 0.760. The van der Waals surface area contributed by atoms with Crippen molar-refractivity contribution in [2.24, 2.45) is 5.14 Å². The summed E-state index contributed by atoms with van der Waals surface area (Å²) in [6.45, 7) is 0. The zero-order chi connectivity index (χ0) is 17.2. The van der Waals surface area contributed by atoms with Crippen LogP contribution in [0.5, 0.6) is 17.4 Å². The monoisotopic (exact) mass is 345 g/mol. The third-order valence-electron chi connectivity index (χ3n) is 3.29. The normalized spacial score (nSPS) is 11.4. The molecule has 0 saturated heterocycles. The summed E-state index contributed by atoms with van der Waals surface area (Å²) in [5.41, 5.74) is 1.29. The van der Waals surface area contributed by atoms with E-state index in [0.29, 0.717) is 28.5 Å². The van der Waals surface area contributed by atoms with E-state index in [0.717, 1.165) is 5.39 Å². The highest BCUT2D eigenvalue weighted by molar-refractivity contribution is 7.88. The van der Waals surface area contributed by atoms with Gasteiger partial charge in [-0.1, -0.05) is 12.1 Å². The highest BCUT2D eigenvalue weighted by atomic mass is 32.2. The molecule has 0 aliphatic heterocycles. The van der Waals surface area contributed by atoms with Gasteiger partial charge in [0.25, 0.3) is 0 Å². The molecule has 1 aromatic carbocycles. The number of nitrogens with two attached hydrogens (primary N) is 1. The Labute approximate surface area is 139 Å². The third-order valence-corrected chi connectivity index (χ3v) is 4.03. The molecule has 0 amide bonds. The van der Waals surface area contributed by atoms with E-state index in [9.17, 15) is 8.42 Å². The number of ether oxygens (including phenoxy) is 2. The minimum Gasteiger partial charge on any atom is -0.481 e. The van der Waals surface area contributed by atoms with Crippen LogP contribution in [0, 0.1) is 0 Å². The van der Waals surface area contributed by atoms with Gasteiger partial charge in [0, 0.05) is 18.5 Å². The number of methoxy groups -OCH3 is 1. The van der Waals surface area contributed by atoms with E-state index < -0.39 is 10.0 Å². The molecule has 0 unspecified atom stereocenters. The van der Waals surface area contributed by atoms with Crippen molar-refractivity contribution in [2.75, 3.05) is 7.11 Å². The Morgan fingerprint density at radius 3 is 2.54 bits per heavy atom. The van der Waals surface area contributed by atoms with Crippen molar-refractivity contribution in [3.05, 3.63) is 54.4 Å². The summed E-state index contributed by atoms with van der Waals surface area (Å²) in [7, 11) is -2.01. The van der Waals surface area contributed by atoms with E-state index in [1.165, 1.54) is 7.11 Å². The third kappa shape index (κ3) is 3.79. The molecule has 0 radical (unpaired) electrons. The summed E-state index contributed by atoms with van der Waals surface area (Å²) in [5, 5.41) is 5.77. The number of primary sulfonamides is 1. The smallest absolute Gasteiger partial charge is 0.215 e. The van der Waals surface area contributed by atoms with Gasteiger partial charge in [-0.15, -0.1) is 0 Å². The van der Waals surface area contributed by atoms with Crippen LogP contribution in [0.4, 0.5) is 0 Å². The molecule has 3 aromatic rings. The van der Waals surface area contributed by atoms with Gasteiger partial charge in [-0.2, -0.15) is 0 Å². The van der Waals surface area contributed by atoms with Crippen molar-refractivity contribution >= 4 is 20.9 Å². The minimum absolute atomic E-state index is 0.213. The van der Waals surface area contributed by atoms with Gasteiger partial charge in [0.2, 0.25) is 15.9 Å². The fourth-order valence-corrected chi connectivity index (χ4v) is 2.87. The summed E-state index contributed by atoms with van der Waals surface area (Å²) < 4.78 is 33.1. The van der Waals surface area contributed by atoms with E-state index in [1.54, 1.807) is 48.8 Å². The van der Waals surface area contributed by atoms with E-state index in [2.05, 4.69) is 9.97 Å². The second-order valence-corrected chi connectivity index (χ2v) is 6.72. The molecular weight excluding hydrogens is 330 g/mol. The largest absolute Gasteiger partial charge is 0.481 e. The summed E-state index contributed by atoms with van der Waals surface area (Å²) >= 11 is 0. The zero-order valence-corrected chi connectivity index (χ0v) is 13.7. The first kappa shape index (κ1) is 16.2. The molecule has 2 aromatic heterocycles. The summed E-state index contributed by atoms with van der Waals surface area (Å²) in [6.07, 6.45) is 3.26. The van der Waals surface area contributed by atoms with Gasteiger partial charge in [0.1, 0.15) is 11.5 Å². The average molecular weight is 345 g/mol. The molecule has 2 heterocycles. The summed E-state index contributed by atoms with van der Waals surface area (Å²) in [5.74, 6) is 1.42. The zero-order valence-electron chi connectivity index (χ0n) is 12.8. The topological polar surface area (TPSA) is 104 Å². The molecule has 24 heavy (non-hydrogen) atoms. The average Bonchev–Trinajstić information content (AvgIpc) is 2.55. The van der Waals surface area contributed by atoms with Crippen LogP contribution >= 0.6 is 0 Å². The fraction of sp³-hybridized carbons (Fsp3) is 0.125. The van der Waals surface area contributed by atoms with E-state index >= 15 is 0 Å². The van der Waals surface area contributed by atoms with Crippen LogP contribution in [0.15, 0.2) is 48.8 Å². The Balaban J connectivity index is 1.87. The van der Waals surface area contributed by atoms with Gasteiger partial charge in [0.15, 0.2) is 0 Å². The van der Waals surface area contributed by atoms with E-state index in [4.69, 9.17) is 14.6 Å². The van der Waals surface area contributed by atoms with Crippen molar-refractivity contribution in [3.8, 4) is 17.4 Å². The number of hydrogen-bond acceptors (Lipinski definition) is 6. The van der Waals surface area contributed by atoms with Crippen molar-refractivity contribution in [1.29, 1.82) is 0 Å². The van der Waals surface area contributed by atoms with E-state index in [-0.39, 0.29) is 5.75 Å². The lowest BCUT2D eigenvalue weighted by atomic mass is 10.2. The van der Waals surface area contributed by atoms with Crippen LogP contribution in [0.1, 0.15) is 5.56 Å². The second-order valence-electron chi connectivity index (χ2n) is 5.11. The molecule has 7 nitrogen and oxygen atoms in total. The van der Waals surface area contributed by atoms with Gasteiger partial charge in [-0.3, -0.25) is 4.98 Å². The molecule has 124 valence electrons. The standard InChI is InChI=1S/C16H15N3O4S/c1-22-16-8-14-13(9-19-16)15(6-7-18-14)23-12-4-2-11(3-5-12)10-24(17,20)21/h2-9H,10H2,1H3,(H2,17,20,21). The van der Waals surface area contributed by atoms with Crippen molar-refractivity contribution in [3.63, 3.8) is 0 Å². The molecule has 0 aliphatic carbocycles. The van der Waals surface area contributed by atoms with Gasteiger partial charge >= 0.3 is 0 Å². The van der Waals surface area contributed by atoms with Crippen LogP contribution < -0.4 is 14.6 Å². The van der Waals surface area contributed by atoms with Crippen LogP contribution in [0.2, 0.25) is 0 Å². The van der Waals surface area contributed by atoms with E-state index in [1.807, 2.05) is 0 Å². The minimum atomic E-state index is -3.55. The number of pyridine rings is 2. The maximum atomic E-state index is 11.1. The second kappa shape index (κ2) is 6.42. The number of rotatable bonds is 5. The lowest BCUT2D eigenvalue weighted by Gasteiger charge is -2.09. The number of fused-ring (bicyclic) bond motifs is 1. The molecule has 0 atom stereocenters. The molecule has 0 fully saturated rings. The van der Waals surface area contributed by atoms with Gasteiger partial charge in [-0.25, -0.2) is 18.5 Å². The summed E-state index contributed by atoms with van der Waals surface area (Å²) in [4.78, 5) is 8.43. The Morgan fingerprint density at radius 1 is 1.12 bits per heavy atom. The highest BCUT2D eigenvalue weighted by Gasteiger charge is 2.08. The lowest BCUT2D eigenvalue weighted by molar-refractivity contribution is 0.398. The maximum Gasteiger partial charge on any atom is 0.215 e. The Hall–Kier alpha value is -2.71. The number of hydrogen-bond donors (Lipinski definition) is 1. The Bertz CT molecular complexity index is 972. The van der Waals surface area contributed by atoms with Crippen molar-refractivity contribution in [2.45, 2.75) is 5.75 Å². The molecule has 8 heteroatoms. The lowest BCUT2D eigenvalue weighted by Crippen LogP contribution is -2.14. The molecule has 3 rings (SSSR count). The van der Waals surface area contributed by atoms with Crippen LogP contribution in [0.25, 0.3) is 10.9 Å². The van der Waals surface area contributed by atoms with Gasteiger partial charge in [0.05, 0.1) is 23.8 Å². The molecule has 0 spiro atoms. The SMILES string of the molecule is COc1cc2nccc(Oc3ccc(CS(N)(=O)=O)cc3)c2cn1. The first-order valence-corrected chi connectivity index (χ1v) is 8.72. The van der Waals surface area contributed by atoms with Gasteiger partial charge in [-0.05, 0) is 23.8 Å². The molecular formula is C16H15N3O4S. The van der Waals surface area contributed by atoms with Crippen molar-refractivity contribution < 1.29 is 17.9 Å². The highest BCUT2D eigenvalue weighted by Crippen LogP contribution is 2.29.